The minimum absolute atomic E-state index is 0.446. The van der Waals surface area contributed by atoms with Crippen LogP contribution < -0.4 is 9.68 Å². The fourth-order valence-corrected chi connectivity index (χ4v) is 3.05. The summed E-state index contributed by atoms with van der Waals surface area (Å²) in [6.45, 7) is 0. The first-order chi connectivity index (χ1) is 16.0. The van der Waals surface area contributed by atoms with Crippen molar-refractivity contribution in [2.24, 2.45) is 0 Å². The van der Waals surface area contributed by atoms with Crippen LogP contribution >= 0.6 is 0 Å². The molecule has 1 aliphatic carbocycles. The van der Waals surface area contributed by atoms with E-state index in [-0.39, 0.29) is 0 Å². The highest BCUT2D eigenvalue weighted by Crippen LogP contribution is 2.30. The van der Waals surface area contributed by atoms with E-state index in [2.05, 4.69) is 96.0 Å². The van der Waals surface area contributed by atoms with E-state index in [4.69, 9.17) is 0 Å². The number of benzene rings is 3. The summed E-state index contributed by atoms with van der Waals surface area (Å²) in [5.41, 5.74) is 5.03. The second-order valence-corrected chi connectivity index (χ2v) is 6.59. The predicted octanol–water partition coefficient (Wildman–Crippen LogP) is 5.47. The molecule has 165 valence electrons. The highest BCUT2D eigenvalue weighted by Gasteiger charge is 2.26. The molecule has 33 heavy (non-hydrogen) atoms. The Morgan fingerprint density at radius 2 is 1.18 bits per heavy atom. The van der Waals surface area contributed by atoms with Crippen molar-refractivity contribution in [1.29, 1.82) is 0 Å². The minimum Gasteiger partial charge on any atom is -0.850 e. The molecule has 0 spiro atoms. The smallest absolute Gasteiger partial charge is 0.245 e. The Kier molecular flexibility index (Phi) is 8.10. The Hall–Kier alpha value is -3.78. The van der Waals surface area contributed by atoms with Crippen molar-refractivity contribution in [3.63, 3.8) is 0 Å². The quantitative estimate of drug-likeness (QED) is 0.173. The average Bonchev–Trinajstić information content (AvgIpc) is 2.87. The van der Waals surface area contributed by atoms with Crippen molar-refractivity contribution in [3.05, 3.63) is 137 Å². The molecule has 8 heteroatoms. The fraction of sp³-hybridized carbons (Fsp3) is 0. The highest BCUT2D eigenvalue weighted by molar-refractivity contribution is 6.15. The summed E-state index contributed by atoms with van der Waals surface area (Å²) in [4.78, 5) is 0. The van der Waals surface area contributed by atoms with Crippen molar-refractivity contribution in [3.8, 4) is 5.75 Å². The normalized spacial score (nSPS) is 11.9. The average molecular weight is 453 g/mol. The molecule has 3 aromatic rings. The first-order valence-corrected chi connectivity index (χ1v) is 9.60. The molecule has 0 fully saturated rings. The van der Waals surface area contributed by atoms with Gasteiger partial charge in [0.15, 0.2) is 5.75 Å². The molecule has 0 unspecified atom stereocenters. The van der Waals surface area contributed by atoms with Crippen molar-refractivity contribution < 1.29 is 31.6 Å². The SMILES string of the molecule is C1=C[CH+]C(=C(c2ccccc2)c2ccccc2)C=C1.[O-][B]Oc1c(F)c(F)c(F)c(F)c1F. The zero-order valence-corrected chi connectivity index (χ0v) is 16.9. The number of allylic oxidation sites excluding steroid dienone is 5. The number of rotatable bonds is 4. The summed E-state index contributed by atoms with van der Waals surface area (Å²) in [7, 11) is -0.446. The van der Waals surface area contributed by atoms with Crippen LogP contribution in [0.1, 0.15) is 11.1 Å². The monoisotopic (exact) mass is 453 g/mol. The molecule has 0 aliphatic heterocycles. The zero-order valence-electron chi connectivity index (χ0n) is 16.9. The molecular formula is C25H15BF5O2. The van der Waals surface area contributed by atoms with Crippen molar-refractivity contribution >= 4 is 13.3 Å². The third kappa shape index (κ3) is 5.53. The van der Waals surface area contributed by atoms with Crippen molar-refractivity contribution in [2.45, 2.75) is 0 Å². The Morgan fingerprint density at radius 3 is 1.61 bits per heavy atom. The van der Waals surface area contributed by atoms with E-state index in [1.54, 1.807) is 0 Å². The topological polar surface area (TPSA) is 32.3 Å². The van der Waals surface area contributed by atoms with Gasteiger partial charge in [0.25, 0.3) is 0 Å². The van der Waals surface area contributed by atoms with Gasteiger partial charge >= 0.3 is 0 Å². The van der Waals surface area contributed by atoms with Crippen LogP contribution in [-0.2, 0) is 0 Å². The Labute approximate surface area is 188 Å². The van der Waals surface area contributed by atoms with Crippen LogP contribution in [0.15, 0.2) is 90.5 Å². The molecule has 0 aromatic heterocycles. The summed E-state index contributed by atoms with van der Waals surface area (Å²) in [6.07, 6.45) is 10.5. The van der Waals surface area contributed by atoms with Crippen LogP contribution in [0.4, 0.5) is 22.0 Å². The molecule has 2 nitrogen and oxygen atoms in total. The van der Waals surface area contributed by atoms with E-state index < -0.39 is 42.5 Å². The molecule has 3 aromatic carbocycles. The number of hydrogen-bond donors (Lipinski definition) is 0. The lowest BCUT2D eigenvalue weighted by atomic mass is 9.90. The lowest BCUT2D eigenvalue weighted by Crippen LogP contribution is -2.21. The minimum atomic E-state index is -2.31. The summed E-state index contributed by atoms with van der Waals surface area (Å²) >= 11 is 0. The molecule has 0 heterocycles. The number of hydrogen-bond acceptors (Lipinski definition) is 2. The summed E-state index contributed by atoms with van der Waals surface area (Å²) in [5.74, 6) is -12.6. The third-order valence-electron chi connectivity index (χ3n) is 4.52. The molecule has 0 bridgehead atoms. The Morgan fingerprint density at radius 1 is 0.697 bits per heavy atom. The van der Waals surface area contributed by atoms with E-state index in [0.29, 0.717) is 0 Å². The van der Waals surface area contributed by atoms with E-state index in [1.807, 2.05) is 0 Å². The maximum Gasteiger partial charge on any atom is 0.245 e. The van der Waals surface area contributed by atoms with Crippen LogP contribution in [0.2, 0.25) is 0 Å². The van der Waals surface area contributed by atoms with Gasteiger partial charge in [-0.1, -0.05) is 36.4 Å². The second-order valence-electron chi connectivity index (χ2n) is 6.59. The van der Waals surface area contributed by atoms with Crippen LogP contribution in [0, 0.1) is 35.5 Å². The molecule has 0 saturated heterocycles. The molecular weight excluding hydrogens is 438 g/mol. The summed E-state index contributed by atoms with van der Waals surface area (Å²) in [6, 6.07) is 21.1. The van der Waals surface area contributed by atoms with Crippen LogP contribution in [0.25, 0.3) is 5.57 Å². The molecule has 0 amide bonds. The van der Waals surface area contributed by atoms with Crippen LogP contribution in [0.3, 0.4) is 0 Å². The van der Waals surface area contributed by atoms with Gasteiger partial charge in [-0.2, -0.15) is 8.78 Å². The molecule has 1 radical (unpaired) electrons. The van der Waals surface area contributed by atoms with E-state index >= 15 is 0 Å². The number of halogens is 5. The largest absolute Gasteiger partial charge is 0.850 e. The first-order valence-electron chi connectivity index (χ1n) is 9.60. The lowest BCUT2D eigenvalue weighted by molar-refractivity contribution is -0.198. The van der Waals surface area contributed by atoms with Gasteiger partial charge in [0, 0.05) is 41.9 Å². The van der Waals surface area contributed by atoms with Gasteiger partial charge in [0.05, 0.1) is 5.57 Å². The fourth-order valence-electron chi connectivity index (χ4n) is 3.05. The standard InChI is InChI=1S/C19H15.C6BF5O2/c1-4-10-16(11-5-1)19(17-12-6-2-7-13-17)18-14-8-3-9-15-18;8-1-2(9)4(11)6(14-7-13)5(12)3(1)10/h1-15H;/q+1;-1. The third-order valence-corrected chi connectivity index (χ3v) is 4.52. The molecule has 0 N–H and O–H groups in total. The molecule has 1 aliphatic rings. The van der Waals surface area contributed by atoms with Gasteiger partial charge in [0.2, 0.25) is 36.8 Å². The van der Waals surface area contributed by atoms with Gasteiger partial charge in [0.1, 0.15) is 5.57 Å². The Balaban J connectivity index is 0.000000196. The van der Waals surface area contributed by atoms with Gasteiger partial charge < -0.3 is 9.68 Å². The maximum atomic E-state index is 12.6. The molecule has 0 atom stereocenters. The van der Waals surface area contributed by atoms with E-state index in [1.165, 1.54) is 22.3 Å². The van der Waals surface area contributed by atoms with E-state index in [9.17, 15) is 27.0 Å². The maximum absolute atomic E-state index is 12.6. The second kappa shape index (κ2) is 11.2. The van der Waals surface area contributed by atoms with Gasteiger partial charge in [-0.25, -0.2) is 13.2 Å². The summed E-state index contributed by atoms with van der Waals surface area (Å²) < 4.78 is 65.9. The molecule has 4 rings (SSSR count). The molecule has 0 saturated carbocycles. The Bertz CT molecular complexity index is 1120. The predicted molar refractivity (Wildman–Crippen MR) is 114 cm³/mol. The summed E-state index contributed by atoms with van der Waals surface area (Å²) in [5, 5.41) is 9.69. The van der Waals surface area contributed by atoms with Crippen LogP contribution in [-0.4, -0.2) is 7.69 Å². The zero-order chi connectivity index (χ0) is 23.8. The van der Waals surface area contributed by atoms with Gasteiger partial charge in [-0.3, -0.25) is 0 Å². The van der Waals surface area contributed by atoms with Gasteiger partial charge in [-0.15, -0.1) is 0 Å². The first kappa shape index (κ1) is 23.9. The van der Waals surface area contributed by atoms with Gasteiger partial charge in [-0.05, 0) is 24.3 Å². The lowest BCUT2D eigenvalue weighted by Gasteiger charge is -2.11. The van der Waals surface area contributed by atoms with Crippen LogP contribution in [0.5, 0.6) is 5.75 Å². The van der Waals surface area contributed by atoms with Crippen molar-refractivity contribution in [2.75, 3.05) is 0 Å². The highest BCUT2D eigenvalue weighted by atomic mass is 19.2. The van der Waals surface area contributed by atoms with E-state index in [0.717, 1.165) is 0 Å². The van der Waals surface area contributed by atoms with Crippen molar-refractivity contribution in [1.82, 2.24) is 0 Å².